The predicted molar refractivity (Wildman–Crippen MR) is 76.1 cm³/mol. The van der Waals surface area contributed by atoms with Gasteiger partial charge in [0, 0.05) is 20.0 Å². The molecule has 5 heteroatoms. The zero-order valence-corrected chi connectivity index (χ0v) is 11.7. The zero-order chi connectivity index (χ0) is 13.1. The molecule has 2 aromatic carbocycles. The Labute approximate surface area is 117 Å². The summed E-state index contributed by atoms with van der Waals surface area (Å²) in [7, 11) is 0. The zero-order valence-electron chi connectivity index (χ0n) is 9.26. The van der Waals surface area contributed by atoms with Gasteiger partial charge in [0.25, 0.3) is 0 Å². The van der Waals surface area contributed by atoms with Gasteiger partial charge in [-0.1, -0.05) is 33.8 Å². The quantitative estimate of drug-likeness (QED) is 0.841. The second kappa shape index (κ2) is 5.46. The number of nitrogens with two attached hydrogens (primary N) is 1. The maximum Gasteiger partial charge on any atom is 0.336 e. The lowest BCUT2D eigenvalue weighted by Gasteiger charge is -2.07. The number of carbonyl (C=O) groups is 1. The van der Waals surface area contributed by atoms with Gasteiger partial charge in [-0.15, -0.1) is 0 Å². The van der Waals surface area contributed by atoms with Crippen LogP contribution in [-0.4, -0.2) is 11.1 Å². The maximum atomic E-state index is 11.2. The Morgan fingerprint density at radius 2 is 2.00 bits per heavy atom. The fraction of sp³-hybridized carbons (Fsp3) is 0. The van der Waals surface area contributed by atoms with Gasteiger partial charge in [-0.25, -0.2) is 4.79 Å². The van der Waals surface area contributed by atoms with Crippen LogP contribution in [0.3, 0.4) is 0 Å². The van der Waals surface area contributed by atoms with Crippen LogP contribution in [0.2, 0.25) is 0 Å². The first-order valence-electron chi connectivity index (χ1n) is 5.12. The van der Waals surface area contributed by atoms with E-state index in [9.17, 15) is 4.79 Å². The van der Waals surface area contributed by atoms with Gasteiger partial charge in [-0.2, -0.15) is 0 Å². The topological polar surface area (TPSA) is 63.3 Å². The van der Waals surface area contributed by atoms with Crippen molar-refractivity contribution in [3.63, 3.8) is 0 Å². The number of halogens is 1. The van der Waals surface area contributed by atoms with Crippen LogP contribution in [0, 0.1) is 0 Å². The van der Waals surface area contributed by atoms with E-state index in [2.05, 4.69) is 15.9 Å². The Morgan fingerprint density at radius 1 is 1.22 bits per heavy atom. The molecule has 0 atom stereocenters. The molecule has 0 saturated heterocycles. The number of benzene rings is 2. The summed E-state index contributed by atoms with van der Waals surface area (Å²) in [5.41, 5.74) is 6.27. The molecule has 2 rings (SSSR count). The summed E-state index contributed by atoms with van der Waals surface area (Å²) in [6.07, 6.45) is 0. The lowest BCUT2D eigenvalue weighted by Crippen LogP contribution is -2.00. The fourth-order valence-corrected chi connectivity index (χ4v) is 2.99. The van der Waals surface area contributed by atoms with E-state index in [1.807, 2.05) is 24.3 Å². The average Bonchev–Trinajstić information content (AvgIpc) is 2.31. The second-order valence-electron chi connectivity index (χ2n) is 3.62. The summed E-state index contributed by atoms with van der Waals surface area (Å²) in [4.78, 5) is 12.8. The van der Waals surface area contributed by atoms with Crippen LogP contribution in [0.1, 0.15) is 10.4 Å². The largest absolute Gasteiger partial charge is 0.478 e. The molecule has 3 N–H and O–H groups in total. The minimum Gasteiger partial charge on any atom is -0.478 e. The minimum atomic E-state index is -0.972. The summed E-state index contributed by atoms with van der Waals surface area (Å²) in [5.74, 6) is -0.972. The van der Waals surface area contributed by atoms with Crippen LogP contribution in [0.15, 0.2) is 56.7 Å². The standard InChI is InChI=1S/C13H10BrNO2S/c14-8-2-1-3-10(6-8)18-12-5-4-9(15)7-11(12)13(16)17/h1-7H,15H2,(H,16,17). The minimum absolute atomic E-state index is 0.222. The number of hydrogen-bond acceptors (Lipinski definition) is 3. The smallest absolute Gasteiger partial charge is 0.336 e. The third-order valence-corrected chi connectivity index (χ3v) is 3.82. The molecule has 0 saturated carbocycles. The van der Waals surface area contributed by atoms with Crippen molar-refractivity contribution in [3.8, 4) is 0 Å². The molecule has 0 amide bonds. The van der Waals surface area contributed by atoms with Crippen LogP contribution in [0.5, 0.6) is 0 Å². The highest BCUT2D eigenvalue weighted by molar-refractivity contribution is 9.10. The van der Waals surface area contributed by atoms with Crippen LogP contribution in [-0.2, 0) is 0 Å². The van der Waals surface area contributed by atoms with Gasteiger partial charge in [0.1, 0.15) is 0 Å². The molecule has 0 aliphatic carbocycles. The van der Waals surface area contributed by atoms with Crippen LogP contribution >= 0.6 is 27.7 Å². The molecule has 0 spiro atoms. The van der Waals surface area contributed by atoms with Gasteiger partial charge in [-0.05, 0) is 36.4 Å². The van der Waals surface area contributed by atoms with Crippen molar-refractivity contribution < 1.29 is 9.90 Å². The Balaban J connectivity index is 2.37. The fourth-order valence-electron chi connectivity index (χ4n) is 1.46. The molecule has 3 nitrogen and oxygen atoms in total. The van der Waals surface area contributed by atoms with E-state index < -0.39 is 5.97 Å². The molecule has 0 aliphatic rings. The number of anilines is 1. The molecule has 0 heterocycles. The normalized spacial score (nSPS) is 10.3. The number of aromatic carboxylic acids is 1. The van der Waals surface area contributed by atoms with Crippen molar-refractivity contribution in [2.45, 2.75) is 9.79 Å². The van der Waals surface area contributed by atoms with Gasteiger partial charge in [0.05, 0.1) is 5.56 Å². The number of hydrogen-bond donors (Lipinski definition) is 2. The van der Waals surface area contributed by atoms with Crippen molar-refractivity contribution in [2.24, 2.45) is 0 Å². The van der Waals surface area contributed by atoms with Gasteiger partial charge >= 0.3 is 5.97 Å². The van der Waals surface area contributed by atoms with Crippen molar-refractivity contribution >= 4 is 39.3 Å². The Morgan fingerprint density at radius 3 is 2.67 bits per heavy atom. The van der Waals surface area contributed by atoms with Gasteiger partial charge in [0.15, 0.2) is 0 Å². The van der Waals surface area contributed by atoms with Crippen molar-refractivity contribution in [2.75, 3.05) is 5.73 Å². The molecule has 0 radical (unpaired) electrons. The first-order valence-corrected chi connectivity index (χ1v) is 6.73. The van der Waals surface area contributed by atoms with E-state index in [0.29, 0.717) is 10.6 Å². The summed E-state index contributed by atoms with van der Waals surface area (Å²) in [6.45, 7) is 0. The number of carboxylic acid groups (broad SMARTS) is 1. The first kappa shape index (κ1) is 13.0. The summed E-state index contributed by atoms with van der Waals surface area (Å²) in [6, 6.07) is 12.6. The first-order chi connectivity index (χ1) is 8.56. The van der Waals surface area contributed by atoms with E-state index in [1.54, 1.807) is 12.1 Å². The van der Waals surface area contributed by atoms with Crippen molar-refractivity contribution in [1.29, 1.82) is 0 Å². The molecule has 92 valence electrons. The maximum absolute atomic E-state index is 11.2. The highest BCUT2D eigenvalue weighted by Gasteiger charge is 2.11. The second-order valence-corrected chi connectivity index (χ2v) is 5.65. The number of nitrogen functional groups attached to an aromatic ring is 1. The van der Waals surface area contributed by atoms with Crippen LogP contribution in [0.4, 0.5) is 5.69 Å². The van der Waals surface area contributed by atoms with E-state index in [4.69, 9.17) is 10.8 Å². The molecular formula is C13H10BrNO2S. The predicted octanol–water partition coefficient (Wildman–Crippen LogP) is 3.88. The highest BCUT2D eigenvalue weighted by atomic mass is 79.9. The SMILES string of the molecule is Nc1ccc(Sc2cccc(Br)c2)c(C(=O)O)c1. The Kier molecular flexibility index (Phi) is 3.93. The average molecular weight is 324 g/mol. The van der Waals surface area contributed by atoms with Gasteiger partial charge < -0.3 is 10.8 Å². The van der Waals surface area contributed by atoms with E-state index >= 15 is 0 Å². The van der Waals surface area contributed by atoms with Crippen molar-refractivity contribution in [1.82, 2.24) is 0 Å². The summed E-state index contributed by atoms with van der Waals surface area (Å²) in [5, 5.41) is 9.14. The molecule has 0 aromatic heterocycles. The monoisotopic (exact) mass is 323 g/mol. The van der Waals surface area contributed by atoms with Gasteiger partial charge in [0.2, 0.25) is 0 Å². The molecule has 0 bridgehead atoms. The number of carboxylic acids is 1. The van der Waals surface area contributed by atoms with Crippen molar-refractivity contribution in [3.05, 3.63) is 52.5 Å². The Hall–Kier alpha value is -1.46. The lowest BCUT2D eigenvalue weighted by molar-refractivity contribution is 0.0693. The molecule has 0 aliphatic heterocycles. The molecular weight excluding hydrogens is 314 g/mol. The Bertz CT molecular complexity index is 601. The lowest BCUT2D eigenvalue weighted by atomic mass is 10.2. The van der Waals surface area contributed by atoms with E-state index in [-0.39, 0.29) is 5.56 Å². The van der Waals surface area contributed by atoms with Crippen LogP contribution < -0.4 is 5.73 Å². The summed E-state index contributed by atoms with van der Waals surface area (Å²) >= 11 is 4.78. The molecule has 0 unspecified atom stereocenters. The third kappa shape index (κ3) is 3.05. The van der Waals surface area contributed by atoms with Crippen LogP contribution in [0.25, 0.3) is 0 Å². The molecule has 0 fully saturated rings. The van der Waals surface area contributed by atoms with E-state index in [0.717, 1.165) is 9.37 Å². The molecule has 2 aromatic rings. The molecule has 18 heavy (non-hydrogen) atoms. The van der Waals surface area contributed by atoms with E-state index in [1.165, 1.54) is 17.8 Å². The summed E-state index contributed by atoms with van der Waals surface area (Å²) < 4.78 is 0.958. The highest BCUT2D eigenvalue weighted by Crippen LogP contribution is 2.32. The number of rotatable bonds is 3. The van der Waals surface area contributed by atoms with Gasteiger partial charge in [-0.3, -0.25) is 0 Å². The third-order valence-electron chi connectivity index (χ3n) is 2.26.